The average molecular weight is 236 g/mol. The first-order valence-electron chi connectivity index (χ1n) is 5.67. The number of hydrogen-bond acceptors (Lipinski definition) is 4. The third-order valence-corrected chi connectivity index (χ3v) is 3.17. The molecule has 1 heterocycles. The SMILES string of the molecule is Cc1ccc([N+](=O)[O-])c(CC2(O)CCNC2)c1. The molecule has 1 unspecified atom stereocenters. The van der Waals surface area contributed by atoms with Gasteiger partial charge in [0.05, 0.1) is 10.5 Å². The second kappa shape index (κ2) is 4.43. The number of aryl methyl sites for hydroxylation is 1. The van der Waals surface area contributed by atoms with Gasteiger partial charge in [-0.1, -0.05) is 11.6 Å². The number of hydrogen-bond donors (Lipinski definition) is 2. The van der Waals surface area contributed by atoms with Gasteiger partial charge in [0.15, 0.2) is 0 Å². The van der Waals surface area contributed by atoms with Gasteiger partial charge >= 0.3 is 0 Å². The van der Waals surface area contributed by atoms with Crippen molar-refractivity contribution in [2.45, 2.75) is 25.4 Å². The van der Waals surface area contributed by atoms with Crippen molar-refractivity contribution in [2.75, 3.05) is 13.1 Å². The van der Waals surface area contributed by atoms with E-state index in [1.165, 1.54) is 6.07 Å². The molecule has 92 valence electrons. The van der Waals surface area contributed by atoms with E-state index in [9.17, 15) is 15.2 Å². The first-order valence-corrected chi connectivity index (χ1v) is 5.67. The number of nitrogens with one attached hydrogen (secondary N) is 1. The van der Waals surface area contributed by atoms with E-state index < -0.39 is 5.60 Å². The van der Waals surface area contributed by atoms with Crippen LogP contribution in [0.3, 0.4) is 0 Å². The van der Waals surface area contributed by atoms with Gasteiger partial charge in [0, 0.05) is 24.6 Å². The number of nitro benzene ring substituents is 1. The van der Waals surface area contributed by atoms with Gasteiger partial charge < -0.3 is 10.4 Å². The summed E-state index contributed by atoms with van der Waals surface area (Å²) in [6.07, 6.45) is 0.968. The van der Waals surface area contributed by atoms with E-state index in [1.807, 2.05) is 6.92 Å². The fourth-order valence-electron chi connectivity index (χ4n) is 2.27. The molecule has 1 atom stereocenters. The molecule has 1 aliphatic rings. The van der Waals surface area contributed by atoms with Crippen LogP contribution in [0, 0.1) is 17.0 Å². The van der Waals surface area contributed by atoms with Crippen LogP contribution in [-0.4, -0.2) is 28.7 Å². The predicted molar refractivity (Wildman–Crippen MR) is 64.0 cm³/mol. The van der Waals surface area contributed by atoms with Crippen molar-refractivity contribution in [3.63, 3.8) is 0 Å². The molecule has 0 spiro atoms. The lowest BCUT2D eigenvalue weighted by atomic mass is 9.92. The Bertz CT molecular complexity index is 439. The van der Waals surface area contributed by atoms with Crippen molar-refractivity contribution < 1.29 is 10.0 Å². The van der Waals surface area contributed by atoms with Crippen molar-refractivity contribution >= 4 is 5.69 Å². The summed E-state index contributed by atoms with van der Waals surface area (Å²) in [5.41, 5.74) is 0.829. The zero-order valence-electron chi connectivity index (χ0n) is 9.77. The van der Waals surface area contributed by atoms with Crippen LogP contribution in [-0.2, 0) is 6.42 Å². The van der Waals surface area contributed by atoms with Gasteiger partial charge in [-0.05, 0) is 26.0 Å². The molecule has 0 radical (unpaired) electrons. The summed E-state index contributed by atoms with van der Waals surface area (Å²) in [6, 6.07) is 5.02. The monoisotopic (exact) mass is 236 g/mol. The molecule has 1 aromatic carbocycles. The van der Waals surface area contributed by atoms with Gasteiger partial charge in [-0.3, -0.25) is 10.1 Å². The highest BCUT2D eigenvalue weighted by molar-refractivity contribution is 5.43. The van der Waals surface area contributed by atoms with E-state index in [2.05, 4.69) is 5.32 Å². The number of nitro groups is 1. The minimum Gasteiger partial charge on any atom is -0.388 e. The second-order valence-corrected chi connectivity index (χ2v) is 4.72. The fourth-order valence-corrected chi connectivity index (χ4v) is 2.27. The summed E-state index contributed by atoms with van der Waals surface area (Å²) in [6.45, 7) is 3.15. The van der Waals surface area contributed by atoms with E-state index in [1.54, 1.807) is 12.1 Å². The molecule has 1 aliphatic heterocycles. The lowest BCUT2D eigenvalue weighted by Gasteiger charge is -2.21. The fraction of sp³-hybridized carbons (Fsp3) is 0.500. The molecular weight excluding hydrogens is 220 g/mol. The Morgan fingerprint density at radius 2 is 2.35 bits per heavy atom. The molecular formula is C12H16N2O3. The summed E-state index contributed by atoms with van der Waals surface area (Å²) in [7, 11) is 0. The Morgan fingerprint density at radius 3 is 2.94 bits per heavy atom. The van der Waals surface area contributed by atoms with Crippen LogP contribution < -0.4 is 5.32 Å². The van der Waals surface area contributed by atoms with Crippen molar-refractivity contribution in [1.82, 2.24) is 5.32 Å². The Kier molecular flexibility index (Phi) is 3.13. The second-order valence-electron chi connectivity index (χ2n) is 4.72. The van der Waals surface area contributed by atoms with Gasteiger partial charge in [-0.15, -0.1) is 0 Å². The number of rotatable bonds is 3. The van der Waals surface area contributed by atoms with Crippen molar-refractivity contribution in [3.05, 3.63) is 39.4 Å². The zero-order chi connectivity index (χ0) is 12.5. The molecule has 0 saturated carbocycles. The van der Waals surface area contributed by atoms with Gasteiger partial charge in [-0.25, -0.2) is 0 Å². The smallest absolute Gasteiger partial charge is 0.272 e. The van der Waals surface area contributed by atoms with E-state index in [0.717, 1.165) is 12.1 Å². The quantitative estimate of drug-likeness (QED) is 0.610. The first-order chi connectivity index (χ1) is 8.00. The number of aliphatic hydroxyl groups is 1. The maximum absolute atomic E-state index is 10.9. The average Bonchev–Trinajstić information content (AvgIpc) is 2.64. The van der Waals surface area contributed by atoms with E-state index in [4.69, 9.17) is 0 Å². The number of β-amino-alcohol motifs (C(OH)–C–C–N with tert-alkyl or cyclic N) is 1. The summed E-state index contributed by atoms with van der Waals surface area (Å²) in [4.78, 5) is 10.5. The topological polar surface area (TPSA) is 75.4 Å². The van der Waals surface area contributed by atoms with E-state index in [-0.39, 0.29) is 10.6 Å². The third-order valence-electron chi connectivity index (χ3n) is 3.17. The Labute approximate surface area is 99.6 Å². The molecule has 17 heavy (non-hydrogen) atoms. The van der Waals surface area contributed by atoms with E-state index >= 15 is 0 Å². The van der Waals surface area contributed by atoms with Crippen LogP contribution in [0.2, 0.25) is 0 Å². The summed E-state index contributed by atoms with van der Waals surface area (Å²) in [5.74, 6) is 0. The molecule has 0 aliphatic carbocycles. The molecule has 0 bridgehead atoms. The zero-order valence-corrected chi connectivity index (χ0v) is 9.77. The van der Waals surface area contributed by atoms with Crippen molar-refractivity contribution in [1.29, 1.82) is 0 Å². The Morgan fingerprint density at radius 1 is 1.59 bits per heavy atom. The van der Waals surface area contributed by atoms with Crippen LogP contribution in [0.15, 0.2) is 18.2 Å². The highest BCUT2D eigenvalue weighted by Gasteiger charge is 2.33. The Hall–Kier alpha value is -1.46. The summed E-state index contributed by atoms with van der Waals surface area (Å²) in [5, 5.41) is 24.3. The van der Waals surface area contributed by atoms with Gasteiger partial charge in [0.1, 0.15) is 0 Å². The number of nitrogens with zero attached hydrogens (tertiary/aromatic N) is 1. The molecule has 1 saturated heterocycles. The van der Waals surface area contributed by atoms with Crippen LogP contribution >= 0.6 is 0 Å². The molecule has 5 heteroatoms. The molecule has 2 N–H and O–H groups in total. The molecule has 0 amide bonds. The van der Waals surface area contributed by atoms with Crippen LogP contribution in [0.1, 0.15) is 17.5 Å². The minimum absolute atomic E-state index is 0.0934. The lowest BCUT2D eigenvalue weighted by molar-refractivity contribution is -0.385. The van der Waals surface area contributed by atoms with Crippen LogP contribution in [0.25, 0.3) is 0 Å². The molecule has 0 aromatic heterocycles. The largest absolute Gasteiger partial charge is 0.388 e. The molecule has 2 rings (SSSR count). The summed E-state index contributed by atoms with van der Waals surface area (Å²) >= 11 is 0. The maximum atomic E-state index is 10.9. The predicted octanol–water partition coefficient (Wildman–Crippen LogP) is 1.17. The third kappa shape index (κ3) is 2.62. The standard InChI is InChI=1S/C12H16N2O3/c1-9-2-3-11(14(16)17)10(6-9)7-12(15)4-5-13-8-12/h2-3,6,13,15H,4-5,7-8H2,1H3. The highest BCUT2D eigenvalue weighted by atomic mass is 16.6. The molecule has 5 nitrogen and oxygen atoms in total. The van der Waals surface area contributed by atoms with Crippen LogP contribution in [0.5, 0.6) is 0 Å². The maximum Gasteiger partial charge on any atom is 0.272 e. The lowest BCUT2D eigenvalue weighted by Crippen LogP contribution is -2.34. The Balaban J connectivity index is 2.30. The van der Waals surface area contributed by atoms with Gasteiger partial charge in [-0.2, -0.15) is 0 Å². The van der Waals surface area contributed by atoms with Crippen molar-refractivity contribution in [2.24, 2.45) is 0 Å². The van der Waals surface area contributed by atoms with Gasteiger partial charge in [0.2, 0.25) is 0 Å². The first kappa shape index (κ1) is 12.0. The normalized spacial score (nSPS) is 23.9. The molecule has 1 fully saturated rings. The van der Waals surface area contributed by atoms with Gasteiger partial charge in [0.25, 0.3) is 5.69 Å². The highest BCUT2D eigenvalue weighted by Crippen LogP contribution is 2.27. The molecule has 1 aromatic rings. The van der Waals surface area contributed by atoms with E-state index in [0.29, 0.717) is 24.9 Å². The number of benzene rings is 1. The summed E-state index contributed by atoms with van der Waals surface area (Å²) < 4.78 is 0. The minimum atomic E-state index is -0.849. The van der Waals surface area contributed by atoms with Crippen LogP contribution in [0.4, 0.5) is 5.69 Å². The van der Waals surface area contributed by atoms with Crippen molar-refractivity contribution in [3.8, 4) is 0 Å².